The van der Waals surface area contributed by atoms with Gasteiger partial charge in [-0.1, -0.05) is 19.3 Å². The molecule has 0 radical (unpaired) electrons. The van der Waals surface area contributed by atoms with Crippen molar-refractivity contribution in [3.63, 3.8) is 0 Å². The third-order valence-corrected chi connectivity index (χ3v) is 6.08. The van der Waals surface area contributed by atoms with Crippen molar-refractivity contribution in [3.05, 3.63) is 0 Å². The lowest BCUT2D eigenvalue weighted by Crippen LogP contribution is -2.47. The Morgan fingerprint density at radius 2 is 1.93 bits per heavy atom. The number of rotatable bonds is 10. The molecule has 3 fully saturated rings. The van der Waals surface area contributed by atoms with E-state index in [1.165, 1.54) is 51.5 Å². The van der Waals surface area contributed by atoms with Crippen LogP contribution in [0.2, 0.25) is 0 Å². The summed E-state index contributed by atoms with van der Waals surface area (Å²) < 4.78 is 11.3. The number of nitrogens with zero attached hydrogens (tertiary/aromatic N) is 2. The van der Waals surface area contributed by atoms with Gasteiger partial charge in [-0.25, -0.2) is 0 Å². The minimum absolute atomic E-state index is 0.334. The average molecular weight is 381 g/mol. The molecule has 156 valence electrons. The standard InChI is InChI=1S/C21H40N4O2/c1-2-22-20(23-10-13-27-16-19-6-7-19)24-17-21(8-4-3-5-9-21)18-25-11-14-26-15-12-25/h19H,2-18H2,1H3,(H2,22,23,24). The van der Waals surface area contributed by atoms with Crippen LogP contribution in [0.5, 0.6) is 0 Å². The number of guanidine groups is 1. The minimum atomic E-state index is 0.334. The molecular weight excluding hydrogens is 340 g/mol. The molecule has 6 heteroatoms. The predicted molar refractivity (Wildman–Crippen MR) is 110 cm³/mol. The van der Waals surface area contributed by atoms with E-state index in [4.69, 9.17) is 14.5 Å². The quantitative estimate of drug-likeness (QED) is 0.346. The van der Waals surface area contributed by atoms with Crippen LogP contribution in [0.3, 0.4) is 0 Å². The maximum Gasteiger partial charge on any atom is 0.191 e. The Hall–Kier alpha value is -0.850. The predicted octanol–water partition coefficient (Wildman–Crippen LogP) is 2.25. The van der Waals surface area contributed by atoms with Gasteiger partial charge in [-0.3, -0.25) is 9.89 Å². The zero-order chi connectivity index (χ0) is 18.8. The average Bonchev–Trinajstić information content (AvgIpc) is 3.52. The van der Waals surface area contributed by atoms with Crippen molar-refractivity contribution < 1.29 is 9.47 Å². The van der Waals surface area contributed by atoms with Crippen molar-refractivity contribution in [2.45, 2.75) is 51.9 Å². The van der Waals surface area contributed by atoms with Gasteiger partial charge in [0.05, 0.1) is 19.8 Å². The topological polar surface area (TPSA) is 58.1 Å². The third kappa shape index (κ3) is 7.59. The molecule has 0 aromatic carbocycles. The summed E-state index contributed by atoms with van der Waals surface area (Å²) in [5.41, 5.74) is 0.334. The van der Waals surface area contributed by atoms with Crippen molar-refractivity contribution in [2.75, 3.05) is 65.7 Å². The smallest absolute Gasteiger partial charge is 0.191 e. The van der Waals surface area contributed by atoms with E-state index in [0.29, 0.717) is 5.41 Å². The van der Waals surface area contributed by atoms with Crippen LogP contribution in [-0.2, 0) is 9.47 Å². The molecule has 0 spiro atoms. The van der Waals surface area contributed by atoms with Crippen LogP contribution in [0.15, 0.2) is 4.99 Å². The number of aliphatic imine (C=N–C) groups is 1. The van der Waals surface area contributed by atoms with Gasteiger partial charge in [-0.2, -0.15) is 0 Å². The molecule has 0 atom stereocenters. The van der Waals surface area contributed by atoms with E-state index in [1.54, 1.807) is 0 Å². The Labute approximate surface area is 165 Å². The van der Waals surface area contributed by atoms with E-state index in [1.807, 2.05) is 0 Å². The van der Waals surface area contributed by atoms with Crippen LogP contribution in [0, 0.1) is 11.3 Å². The number of morpholine rings is 1. The van der Waals surface area contributed by atoms with Crippen molar-refractivity contribution >= 4 is 5.96 Å². The molecule has 2 aliphatic carbocycles. The van der Waals surface area contributed by atoms with Crippen LogP contribution in [-0.4, -0.2) is 76.6 Å². The molecular formula is C21H40N4O2. The first-order chi connectivity index (χ1) is 13.3. The van der Waals surface area contributed by atoms with Gasteiger partial charge >= 0.3 is 0 Å². The SMILES string of the molecule is CCNC(=NCC1(CN2CCOCC2)CCCCC1)NCCOCC1CC1. The molecule has 1 aliphatic heterocycles. The summed E-state index contributed by atoms with van der Waals surface area (Å²) >= 11 is 0. The second-order valence-corrected chi connectivity index (χ2v) is 8.59. The van der Waals surface area contributed by atoms with Gasteiger partial charge in [0, 0.05) is 51.3 Å². The Balaban J connectivity index is 1.49. The molecule has 3 aliphatic rings. The maximum atomic E-state index is 5.74. The highest BCUT2D eigenvalue weighted by Crippen LogP contribution is 2.37. The van der Waals surface area contributed by atoms with E-state index >= 15 is 0 Å². The van der Waals surface area contributed by atoms with Gasteiger partial charge in [0.1, 0.15) is 0 Å². The largest absolute Gasteiger partial charge is 0.379 e. The van der Waals surface area contributed by atoms with Crippen LogP contribution in [0.1, 0.15) is 51.9 Å². The van der Waals surface area contributed by atoms with Crippen LogP contribution >= 0.6 is 0 Å². The van der Waals surface area contributed by atoms with E-state index in [-0.39, 0.29) is 0 Å². The Bertz CT molecular complexity index is 441. The normalized spacial score (nSPS) is 24.0. The van der Waals surface area contributed by atoms with E-state index in [9.17, 15) is 0 Å². The van der Waals surface area contributed by atoms with Gasteiger partial charge in [0.25, 0.3) is 0 Å². The van der Waals surface area contributed by atoms with Gasteiger partial charge in [0.15, 0.2) is 5.96 Å². The molecule has 1 heterocycles. The molecule has 0 unspecified atom stereocenters. The summed E-state index contributed by atoms with van der Waals surface area (Å²) in [6.07, 6.45) is 9.38. The molecule has 27 heavy (non-hydrogen) atoms. The van der Waals surface area contributed by atoms with E-state index in [2.05, 4.69) is 22.5 Å². The Morgan fingerprint density at radius 1 is 1.15 bits per heavy atom. The van der Waals surface area contributed by atoms with Gasteiger partial charge < -0.3 is 20.1 Å². The molecule has 1 saturated heterocycles. The fourth-order valence-electron chi connectivity index (χ4n) is 4.27. The first-order valence-corrected chi connectivity index (χ1v) is 11.2. The molecule has 0 aromatic heterocycles. The zero-order valence-electron chi connectivity index (χ0n) is 17.3. The second-order valence-electron chi connectivity index (χ2n) is 8.59. The fraction of sp³-hybridized carbons (Fsp3) is 0.952. The lowest BCUT2D eigenvalue weighted by molar-refractivity contribution is 0.00937. The van der Waals surface area contributed by atoms with Crippen LogP contribution in [0.4, 0.5) is 0 Å². The highest BCUT2D eigenvalue weighted by Gasteiger charge is 2.34. The highest BCUT2D eigenvalue weighted by atomic mass is 16.5. The second kappa shape index (κ2) is 11.2. The Kier molecular flexibility index (Phi) is 8.68. The lowest BCUT2D eigenvalue weighted by Gasteiger charge is -2.41. The summed E-state index contributed by atoms with van der Waals surface area (Å²) in [4.78, 5) is 7.59. The first kappa shape index (κ1) is 20.9. The number of hydrogen-bond donors (Lipinski definition) is 2. The third-order valence-electron chi connectivity index (χ3n) is 6.08. The van der Waals surface area contributed by atoms with Crippen molar-refractivity contribution in [3.8, 4) is 0 Å². The molecule has 2 saturated carbocycles. The lowest BCUT2D eigenvalue weighted by atomic mass is 9.73. The molecule has 0 aromatic rings. The van der Waals surface area contributed by atoms with Gasteiger partial charge in [-0.05, 0) is 38.5 Å². The molecule has 6 nitrogen and oxygen atoms in total. The van der Waals surface area contributed by atoms with Gasteiger partial charge in [0.2, 0.25) is 0 Å². The summed E-state index contributed by atoms with van der Waals surface area (Å²) in [6, 6.07) is 0. The fourth-order valence-corrected chi connectivity index (χ4v) is 4.27. The summed E-state index contributed by atoms with van der Waals surface area (Å²) in [6.45, 7) is 11.5. The number of nitrogens with one attached hydrogen (secondary N) is 2. The number of ether oxygens (including phenoxy) is 2. The van der Waals surface area contributed by atoms with Crippen LogP contribution in [0.25, 0.3) is 0 Å². The number of hydrogen-bond acceptors (Lipinski definition) is 4. The summed E-state index contributed by atoms with van der Waals surface area (Å²) in [7, 11) is 0. The van der Waals surface area contributed by atoms with E-state index < -0.39 is 0 Å². The van der Waals surface area contributed by atoms with E-state index in [0.717, 1.165) is 71.0 Å². The zero-order valence-corrected chi connectivity index (χ0v) is 17.3. The Morgan fingerprint density at radius 3 is 2.63 bits per heavy atom. The maximum absolute atomic E-state index is 5.74. The molecule has 0 amide bonds. The van der Waals surface area contributed by atoms with Crippen molar-refractivity contribution in [1.29, 1.82) is 0 Å². The summed E-state index contributed by atoms with van der Waals surface area (Å²) in [5.74, 6) is 1.78. The molecule has 0 bridgehead atoms. The first-order valence-electron chi connectivity index (χ1n) is 11.2. The molecule has 3 rings (SSSR count). The van der Waals surface area contributed by atoms with Crippen molar-refractivity contribution in [2.24, 2.45) is 16.3 Å². The monoisotopic (exact) mass is 380 g/mol. The molecule has 2 N–H and O–H groups in total. The van der Waals surface area contributed by atoms with Crippen molar-refractivity contribution in [1.82, 2.24) is 15.5 Å². The highest BCUT2D eigenvalue weighted by molar-refractivity contribution is 5.79. The summed E-state index contributed by atoms with van der Waals surface area (Å²) in [5, 5.41) is 6.86. The van der Waals surface area contributed by atoms with Gasteiger partial charge in [-0.15, -0.1) is 0 Å². The minimum Gasteiger partial charge on any atom is -0.379 e. The van der Waals surface area contributed by atoms with Crippen LogP contribution < -0.4 is 10.6 Å².